The van der Waals surface area contributed by atoms with E-state index in [4.69, 9.17) is 0 Å². The number of hydrogen-bond donors (Lipinski definition) is 1. The van der Waals surface area contributed by atoms with Gasteiger partial charge in [-0.1, -0.05) is 0 Å². The summed E-state index contributed by atoms with van der Waals surface area (Å²) < 4.78 is 0. The fourth-order valence-corrected chi connectivity index (χ4v) is 1.16. The summed E-state index contributed by atoms with van der Waals surface area (Å²) in [5.74, 6) is 1.59. The topological polar surface area (TPSA) is 45.8 Å². The van der Waals surface area contributed by atoms with E-state index >= 15 is 0 Å². The summed E-state index contributed by atoms with van der Waals surface area (Å²) in [7, 11) is 0. The number of aryl methyl sites for hydroxylation is 1. The van der Waals surface area contributed by atoms with Crippen molar-refractivity contribution < 1.29 is 4.79 Å². The lowest BCUT2D eigenvalue weighted by Gasteiger charge is -1.84. The molecule has 3 nitrogen and oxygen atoms in total. The Morgan fingerprint density at radius 1 is 1.64 bits per heavy atom. The first-order valence-corrected chi connectivity index (χ1v) is 3.83. The molecule has 0 atom stereocenters. The van der Waals surface area contributed by atoms with E-state index in [1.807, 2.05) is 6.92 Å². The molecule has 0 spiro atoms. The monoisotopic (exact) mass is 150 g/mol. The van der Waals surface area contributed by atoms with E-state index in [0.29, 0.717) is 11.6 Å². The zero-order valence-electron chi connectivity index (χ0n) is 6.42. The van der Waals surface area contributed by atoms with Gasteiger partial charge in [-0.25, -0.2) is 4.98 Å². The van der Waals surface area contributed by atoms with Gasteiger partial charge in [0.2, 0.25) is 0 Å². The van der Waals surface area contributed by atoms with Crippen LogP contribution in [0, 0.1) is 6.92 Å². The van der Waals surface area contributed by atoms with Crippen molar-refractivity contribution in [3.8, 4) is 0 Å². The van der Waals surface area contributed by atoms with Gasteiger partial charge in [-0.3, -0.25) is 4.79 Å². The van der Waals surface area contributed by atoms with Crippen molar-refractivity contribution >= 4 is 6.29 Å². The summed E-state index contributed by atoms with van der Waals surface area (Å²) >= 11 is 0. The number of aromatic nitrogens is 2. The molecule has 1 aromatic rings. The Labute approximate surface area is 64.8 Å². The normalized spacial score (nSPS) is 16.8. The third-order valence-corrected chi connectivity index (χ3v) is 2.02. The highest BCUT2D eigenvalue weighted by Gasteiger charge is 2.27. The summed E-state index contributed by atoms with van der Waals surface area (Å²) in [5.41, 5.74) is 1.45. The Balaban J connectivity index is 2.35. The molecule has 1 heterocycles. The molecule has 0 aromatic carbocycles. The first kappa shape index (κ1) is 6.58. The third kappa shape index (κ3) is 1.06. The van der Waals surface area contributed by atoms with Crippen LogP contribution in [0.15, 0.2) is 0 Å². The standard InChI is InChI=1S/C8H10N2O/c1-5-7(4-11)10-8(9-5)6-2-3-6/h4,6H,2-3H2,1H3,(H,9,10). The van der Waals surface area contributed by atoms with Crippen LogP contribution in [0.5, 0.6) is 0 Å². The number of H-pyrrole nitrogens is 1. The van der Waals surface area contributed by atoms with E-state index in [0.717, 1.165) is 17.8 Å². The van der Waals surface area contributed by atoms with E-state index in [-0.39, 0.29) is 0 Å². The van der Waals surface area contributed by atoms with Crippen LogP contribution in [0.25, 0.3) is 0 Å². The molecule has 1 fully saturated rings. The molecule has 1 aromatic heterocycles. The number of rotatable bonds is 2. The molecule has 1 aliphatic rings. The van der Waals surface area contributed by atoms with Crippen LogP contribution in [-0.4, -0.2) is 16.3 Å². The molecule has 0 unspecified atom stereocenters. The SMILES string of the molecule is Cc1[nH]c(C2CC2)nc1C=O. The average Bonchev–Trinajstić information content (AvgIpc) is 2.76. The van der Waals surface area contributed by atoms with Gasteiger partial charge in [-0.05, 0) is 19.8 Å². The maximum absolute atomic E-state index is 10.4. The molecule has 58 valence electrons. The first-order valence-electron chi connectivity index (χ1n) is 3.83. The molecule has 0 bridgehead atoms. The smallest absolute Gasteiger partial charge is 0.170 e. The number of nitrogens with one attached hydrogen (secondary N) is 1. The minimum atomic E-state index is 0.562. The molecule has 1 aliphatic carbocycles. The number of nitrogens with zero attached hydrogens (tertiary/aromatic N) is 1. The molecule has 11 heavy (non-hydrogen) atoms. The van der Waals surface area contributed by atoms with Crippen molar-refractivity contribution in [1.82, 2.24) is 9.97 Å². The summed E-state index contributed by atoms with van der Waals surface area (Å²) in [6.45, 7) is 1.88. The minimum absolute atomic E-state index is 0.562. The predicted molar refractivity (Wildman–Crippen MR) is 40.7 cm³/mol. The second-order valence-electron chi connectivity index (χ2n) is 3.02. The minimum Gasteiger partial charge on any atom is -0.345 e. The van der Waals surface area contributed by atoms with Crippen molar-refractivity contribution in [2.75, 3.05) is 0 Å². The number of carbonyl (C=O) groups excluding carboxylic acids is 1. The second-order valence-corrected chi connectivity index (χ2v) is 3.02. The van der Waals surface area contributed by atoms with Crippen LogP contribution in [0.1, 0.15) is 40.8 Å². The quantitative estimate of drug-likeness (QED) is 0.648. The lowest BCUT2D eigenvalue weighted by Crippen LogP contribution is -1.82. The molecule has 3 heteroatoms. The molecule has 1 saturated carbocycles. The van der Waals surface area contributed by atoms with Gasteiger partial charge in [0.15, 0.2) is 6.29 Å². The summed E-state index contributed by atoms with van der Waals surface area (Å²) in [6.07, 6.45) is 3.23. The Kier molecular flexibility index (Phi) is 1.31. The van der Waals surface area contributed by atoms with E-state index in [2.05, 4.69) is 9.97 Å². The summed E-state index contributed by atoms with van der Waals surface area (Å²) in [5, 5.41) is 0. The maximum Gasteiger partial charge on any atom is 0.170 e. The van der Waals surface area contributed by atoms with Crippen molar-refractivity contribution in [3.05, 3.63) is 17.2 Å². The average molecular weight is 150 g/mol. The van der Waals surface area contributed by atoms with Crippen LogP contribution in [0.4, 0.5) is 0 Å². The molecule has 0 aliphatic heterocycles. The summed E-state index contributed by atoms with van der Waals surface area (Å²) in [6, 6.07) is 0. The van der Waals surface area contributed by atoms with Crippen LogP contribution >= 0.6 is 0 Å². The summed E-state index contributed by atoms with van der Waals surface area (Å²) in [4.78, 5) is 17.7. The highest BCUT2D eigenvalue weighted by atomic mass is 16.1. The number of hydrogen-bond acceptors (Lipinski definition) is 2. The molecular weight excluding hydrogens is 140 g/mol. The zero-order valence-corrected chi connectivity index (χ0v) is 6.42. The van der Waals surface area contributed by atoms with Crippen molar-refractivity contribution in [2.45, 2.75) is 25.7 Å². The van der Waals surface area contributed by atoms with Gasteiger partial charge in [0.1, 0.15) is 11.5 Å². The fourth-order valence-electron chi connectivity index (χ4n) is 1.16. The van der Waals surface area contributed by atoms with Gasteiger partial charge in [-0.2, -0.15) is 0 Å². The molecule has 0 amide bonds. The lowest BCUT2D eigenvalue weighted by atomic mass is 10.4. The highest BCUT2D eigenvalue weighted by Crippen LogP contribution is 2.38. The Morgan fingerprint density at radius 3 is 2.82 bits per heavy atom. The molecule has 1 N–H and O–H groups in total. The molecule has 2 rings (SSSR count). The number of aromatic amines is 1. The molecule has 0 radical (unpaired) electrons. The highest BCUT2D eigenvalue weighted by molar-refractivity contribution is 5.73. The van der Waals surface area contributed by atoms with Crippen molar-refractivity contribution in [3.63, 3.8) is 0 Å². The molecular formula is C8H10N2O. The van der Waals surface area contributed by atoms with Crippen molar-refractivity contribution in [2.24, 2.45) is 0 Å². The van der Waals surface area contributed by atoms with Gasteiger partial charge in [-0.15, -0.1) is 0 Å². The number of aldehydes is 1. The third-order valence-electron chi connectivity index (χ3n) is 2.02. The Hall–Kier alpha value is -1.12. The van der Waals surface area contributed by atoms with Gasteiger partial charge in [0, 0.05) is 11.6 Å². The number of carbonyl (C=O) groups is 1. The van der Waals surface area contributed by atoms with Crippen LogP contribution in [0.2, 0.25) is 0 Å². The van der Waals surface area contributed by atoms with E-state index < -0.39 is 0 Å². The largest absolute Gasteiger partial charge is 0.345 e. The second kappa shape index (κ2) is 2.19. The van der Waals surface area contributed by atoms with Crippen molar-refractivity contribution in [1.29, 1.82) is 0 Å². The lowest BCUT2D eigenvalue weighted by molar-refractivity contribution is 0.111. The van der Waals surface area contributed by atoms with Crippen LogP contribution in [0.3, 0.4) is 0 Å². The first-order chi connectivity index (χ1) is 5.31. The van der Waals surface area contributed by atoms with Gasteiger partial charge in [0.05, 0.1) is 0 Å². The molecule has 0 saturated heterocycles. The van der Waals surface area contributed by atoms with Crippen LogP contribution < -0.4 is 0 Å². The fraction of sp³-hybridized carbons (Fsp3) is 0.500. The van der Waals surface area contributed by atoms with Gasteiger partial charge in [0.25, 0.3) is 0 Å². The number of imidazole rings is 1. The Morgan fingerprint density at radius 2 is 2.36 bits per heavy atom. The van der Waals surface area contributed by atoms with E-state index in [1.54, 1.807) is 0 Å². The van der Waals surface area contributed by atoms with E-state index in [9.17, 15) is 4.79 Å². The predicted octanol–water partition coefficient (Wildman–Crippen LogP) is 1.41. The van der Waals surface area contributed by atoms with Gasteiger partial charge >= 0.3 is 0 Å². The van der Waals surface area contributed by atoms with E-state index in [1.165, 1.54) is 12.8 Å². The zero-order chi connectivity index (χ0) is 7.84. The maximum atomic E-state index is 10.4. The van der Waals surface area contributed by atoms with Gasteiger partial charge < -0.3 is 4.98 Å². The van der Waals surface area contributed by atoms with Crippen LogP contribution in [-0.2, 0) is 0 Å². The Bertz CT molecular complexity index is 286.